The van der Waals surface area contributed by atoms with Crippen LogP contribution in [0.5, 0.6) is 0 Å². The van der Waals surface area contributed by atoms with Crippen molar-refractivity contribution < 1.29 is 14.3 Å². The summed E-state index contributed by atoms with van der Waals surface area (Å²) in [6.45, 7) is 8.79. The standard InChI is InChI=1S/C24H34N2O3/c1-14(27)24-17(13-25-26-24)12-21-19-6-5-16-11-18(29-15(2)28)7-9-22(16,3)20(19)8-10-23(21,24)4/h5,17-21H,6-13H2,1-4H3. The van der Waals surface area contributed by atoms with Crippen LogP contribution in [0.4, 0.5) is 0 Å². The molecule has 5 heteroatoms. The highest BCUT2D eigenvalue weighted by Crippen LogP contribution is 2.70. The van der Waals surface area contributed by atoms with Crippen LogP contribution in [-0.4, -0.2) is 29.9 Å². The lowest BCUT2D eigenvalue weighted by molar-refractivity contribution is -0.149. The first-order valence-corrected chi connectivity index (χ1v) is 11.5. The molecule has 3 fully saturated rings. The smallest absolute Gasteiger partial charge is 0.302 e. The summed E-state index contributed by atoms with van der Waals surface area (Å²) in [5, 5.41) is 9.03. The van der Waals surface area contributed by atoms with E-state index in [1.54, 1.807) is 6.92 Å². The minimum atomic E-state index is -0.569. The van der Waals surface area contributed by atoms with Gasteiger partial charge in [-0.05, 0) is 68.6 Å². The highest BCUT2D eigenvalue weighted by Gasteiger charge is 2.71. The Morgan fingerprint density at radius 2 is 1.93 bits per heavy atom. The summed E-state index contributed by atoms with van der Waals surface area (Å²) < 4.78 is 5.56. The molecule has 0 amide bonds. The molecule has 0 aromatic rings. The summed E-state index contributed by atoms with van der Waals surface area (Å²) in [6, 6.07) is 0. The van der Waals surface area contributed by atoms with Gasteiger partial charge in [0.1, 0.15) is 11.6 Å². The largest absolute Gasteiger partial charge is 0.462 e. The highest BCUT2D eigenvalue weighted by molar-refractivity contribution is 5.88. The minimum absolute atomic E-state index is 0.0458. The van der Waals surface area contributed by atoms with Crippen LogP contribution in [-0.2, 0) is 14.3 Å². The van der Waals surface area contributed by atoms with Gasteiger partial charge in [0.2, 0.25) is 0 Å². The molecule has 0 spiro atoms. The summed E-state index contributed by atoms with van der Waals surface area (Å²) in [4.78, 5) is 24.3. The molecule has 0 N–H and O–H groups in total. The number of azo groups is 1. The second-order valence-electron chi connectivity index (χ2n) is 10.9. The van der Waals surface area contributed by atoms with Crippen molar-refractivity contribution in [1.29, 1.82) is 0 Å². The molecule has 5 rings (SSSR count). The van der Waals surface area contributed by atoms with E-state index in [4.69, 9.17) is 4.74 Å². The van der Waals surface area contributed by atoms with Crippen LogP contribution in [0.1, 0.15) is 72.6 Å². The number of carbonyl (C=O) groups is 2. The van der Waals surface area contributed by atoms with Crippen molar-refractivity contribution >= 4 is 11.8 Å². The quantitative estimate of drug-likeness (QED) is 0.491. The zero-order valence-electron chi connectivity index (χ0n) is 18.2. The molecule has 8 unspecified atom stereocenters. The Morgan fingerprint density at radius 3 is 2.66 bits per heavy atom. The van der Waals surface area contributed by atoms with Gasteiger partial charge in [-0.3, -0.25) is 9.59 Å². The third-order valence-corrected chi connectivity index (χ3v) is 9.85. The number of ether oxygens (including phenoxy) is 1. The third-order valence-electron chi connectivity index (χ3n) is 9.85. The highest BCUT2D eigenvalue weighted by atomic mass is 16.5. The lowest BCUT2D eigenvalue weighted by Crippen LogP contribution is -2.57. The SMILES string of the molecule is CC(=O)OC1CCC2(C)C(=CCC3C2CCC2(C)C3CC3CN=NC32C(C)=O)C1. The van der Waals surface area contributed by atoms with E-state index in [1.165, 1.54) is 18.9 Å². The lowest BCUT2D eigenvalue weighted by atomic mass is 9.46. The number of ketones is 1. The number of allylic oxidation sites excluding steroid dienone is 1. The van der Waals surface area contributed by atoms with Crippen LogP contribution in [0, 0.1) is 34.5 Å². The number of esters is 1. The van der Waals surface area contributed by atoms with Gasteiger partial charge in [-0.2, -0.15) is 10.2 Å². The topological polar surface area (TPSA) is 68.1 Å². The average Bonchev–Trinajstić information content (AvgIpc) is 3.18. The molecular weight excluding hydrogens is 364 g/mol. The first kappa shape index (κ1) is 19.4. The van der Waals surface area contributed by atoms with Crippen LogP contribution in [0.3, 0.4) is 0 Å². The number of nitrogens with zero attached hydrogens (tertiary/aromatic N) is 2. The van der Waals surface area contributed by atoms with Crippen LogP contribution in [0.25, 0.3) is 0 Å². The number of Topliss-reactive ketones (excluding diaryl/α,β-unsaturated/α-hetero) is 1. The monoisotopic (exact) mass is 398 g/mol. The van der Waals surface area contributed by atoms with Gasteiger partial charge in [0, 0.05) is 24.7 Å². The van der Waals surface area contributed by atoms with Gasteiger partial charge in [-0.25, -0.2) is 0 Å². The maximum Gasteiger partial charge on any atom is 0.302 e. The minimum Gasteiger partial charge on any atom is -0.462 e. The molecule has 0 bridgehead atoms. The van der Waals surface area contributed by atoms with E-state index in [0.29, 0.717) is 23.7 Å². The van der Waals surface area contributed by atoms with Crippen molar-refractivity contribution in [2.45, 2.75) is 84.3 Å². The molecule has 5 nitrogen and oxygen atoms in total. The van der Waals surface area contributed by atoms with E-state index < -0.39 is 5.54 Å². The van der Waals surface area contributed by atoms with E-state index in [9.17, 15) is 9.59 Å². The van der Waals surface area contributed by atoms with E-state index in [1.807, 2.05) is 0 Å². The van der Waals surface area contributed by atoms with Gasteiger partial charge in [0.05, 0.1) is 6.54 Å². The maximum atomic E-state index is 12.9. The predicted molar refractivity (Wildman–Crippen MR) is 109 cm³/mol. The Bertz CT molecular complexity index is 819. The molecule has 8 atom stereocenters. The number of hydrogen-bond donors (Lipinski definition) is 0. The van der Waals surface area contributed by atoms with E-state index in [-0.39, 0.29) is 28.7 Å². The molecule has 158 valence electrons. The molecule has 0 aromatic carbocycles. The molecule has 0 aromatic heterocycles. The van der Waals surface area contributed by atoms with E-state index in [2.05, 4.69) is 30.2 Å². The lowest BCUT2D eigenvalue weighted by Gasteiger charge is -2.58. The molecule has 5 aliphatic rings. The fourth-order valence-corrected chi connectivity index (χ4v) is 8.55. The second-order valence-corrected chi connectivity index (χ2v) is 10.9. The Kier molecular flexibility index (Phi) is 4.19. The van der Waals surface area contributed by atoms with Gasteiger partial charge >= 0.3 is 5.97 Å². The normalized spacial score (nSPS) is 50.1. The molecule has 0 radical (unpaired) electrons. The number of hydrogen-bond acceptors (Lipinski definition) is 5. The summed E-state index contributed by atoms with van der Waals surface area (Å²) >= 11 is 0. The molecule has 3 saturated carbocycles. The van der Waals surface area contributed by atoms with Crippen molar-refractivity contribution in [2.24, 2.45) is 44.7 Å². The second kappa shape index (κ2) is 6.24. The van der Waals surface area contributed by atoms with Crippen molar-refractivity contribution in [3.05, 3.63) is 11.6 Å². The third kappa shape index (κ3) is 2.39. The Hall–Kier alpha value is -1.52. The zero-order valence-corrected chi connectivity index (χ0v) is 18.2. The summed E-state index contributed by atoms with van der Waals surface area (Å²) in [5.41, 5.74) is 1.10. The van der Waals surface area contributed by atoms with Crippen molar-refractivity contribution in [3.8, 4) is 0 Å². The van der Waals surface area contributed by atoms with Gasteiger partial charge in [-0.1, -0.05) is 25.5 Å². The first-order chi connectivity index (χ1) is 13.7. The average molecular weight is 399 g/mol. The summed E-state index contributed by atoms with van der Waals surface area (Å²) in [7, 11) is 0. The predicted octanol–water partition coefficient (Wildman–Crippen LogP) is 4.90. The maximum absolute atomic E-state index is 12.9. The Morgan fingerprint density at radius 1 is 1.14 bits per heavy atom. The van der Waals surface area contributed by atoms with Crippen LogP contribution in [0.2, 0.25) is 0 Å². The van der Waals surface area contributed by atoms with Gasteiger partial charge in [-0.15, -0.1) is 0 Å². The molecule has 1 aliphatic heterocycles. The van der Waals surface area contributed by atoms with Gasteiger partial charge in [0.25, 0.3) is 0 Å². The summed E-state index contributed by atoms with van der Waals surface area (Å²) in [5.74, 6) is 2.21. The van der Waals surface area contributed by atoms with Crippen LogP contribution >= 0.6 is 0 Å². The Labute approximate surface area is 173 Å². The number of carbonyl (C=O) groups excluding carboxylic acids is 2. The molecule has 29 heavy (non-hydrogen) atoms. The fourth-order valence-electron chi connectivity index (χ4n) is 8.55. The summed E-state index contributed by atoms with van der Waals surface area (Å²) in [6.07, 6.45) is 9.92. The van der Waals surface area contributed by atoms with E-state index in [0.717, 1.165) is 45.1 Å². The Balaban J connectivity index is 1.46. The van der Waals surface area contributed by atoms with Crippen LogP contribution < -0.4 is 0 Å². The van der Waals surface area contributed by atoms with Crippen molar-refractivity contribution in [3.63, 3.8) is 0 Å². The molecular formula is C24H34N2O3. The number of fused-ring (bicyclic) bond motifs is 7. The van der Waals surface area contributed by atoms with Gasteiger partial charge in [0.15, 0.2) is 5.78 Å². The van der Waals surface area contributed by atoms with Crippen molar-refractivity contribution in [2.75, 3.05) is 6.54 Å². The van der Waals surface area contributed by atoms with Crippen LogP contribution in [0.15, 0.2) is 21.9 Å². The fraction of sp³-hybridized carbons (Fsp3) is 0.833. The molecule has 0 saturated heterocycles. The molecule has 4 aliphatic carbocycles. The van der Waals surface area contributed by atoms with Crippen molar-refractivity contribution in [1.82, 2.24) is 0 Å². The van der Waals surface area contributed by atoms with Gasteiger partial charge < -0.3 is 4.74 Å². The molecule has 1 heterocycles. The number of rotatable bonds is 2. The first-order valence-electron chi connectivity index (χ1n) is 11.5. The zero-order chi connectivity index (χ0) is 20.6. The van der Waals surface area contributed by atoms with E-state index >= 15 is 0 Å².